The molecule has 0 amide bonds. The molecular formula is C21H24N6O2. The Hall–Kier alpha value is -3.00. The van der Waals surface area contributed by atoms with Gasteiger partial charge in [-0.2, -0.15) is 0 Å². The van der Waals surface area contributed by atoms with Crippen molar-refractivity contribution < 1.29 is 9.47 Å². The number of ether oxygens (including phenoxy) is 2. The number of aromatic nitrogens is 4. The molecule has 1 atom stereocenters. The summed E-state index contributed by atoms with van der Waals surface area (Å²) in [7, 11) is 2.02. The number of nitrogens with one attached hydrogen (secondary N) is 1. The molecule has 2 aliphatic rings. The molecule has 0 saturated carbocycles. The summed E-state index contributed by atoms with van der Waals surface area (Å²) < 4.78 is 11.9. The summed E-state index contributed by atoms with van der Waals surface area (Å²) in [5.41, 5.74) is 3.06. The number of pyridine rings is 2. The van der Waals surface area contributed by atoms with E-state index < -0.39 is 0 Å². The summed E-state index contributed by atoms with van der Waals surface area (Å²) in [4.78, 5) is 20.4. The van der Waals surface area contributed by atoms with Gasteiger partial charge in [0.1, 0.15) is 6.61 Å². The highest BCUT2D eigenvalue weighted by molar-refractivity contribution is 5.83. The van der Waals surface area contributed by atoms with E-state index in [0.29, 0.717) is 30.5 Å². The minimum Gasteiger partial charge on any atom is -0.488 e. The number of fused-ring (bicyclic) bond motifs is 2. The highest BCUT2D eigenvalue weighted by atomic mass is 16.5. The molecule has 0 spiro atoms. The molecule has 2 aliphatic heterocycles. The van der Waals surface area contributed by atoms with E-state index in [1.165, 1.54) is 6.42 Å². The van der Waals surface area contributed by atoms with Gasteiger partial charge in [0.2, 0.25) is 5.88 Å². The van der Waals surface area contributed by atoms with Crippen molar-refractivity contribution in [3.05, 3.63) is 30.7 Å². The van der Waals surface area contributed by atoms with Crippen LogP contribution in [-0.4, -0.2) is 59.8 Å². The predicted octanol–water partition coefficient (Wildman–Crippen LogP) is 2.29. The molecule has 1 N–H and O–H groups in total. The van der Waals surface area contributed by atoms with Gasteiger partial charge in [-0.3, -0.25) is 4.98 Å². The van der Waals surface area contributed by atoms with Crippen LogP contribution in [0.1, 0.15) is 12.8 Å². The lowest BCUT2D eigenvalue weighted by atomic mass is 10.0. The van der Waals surface area contributed by atoms with Crippen LogP contribution in [0.2, 0.25) is 0 Å². The van der Waals surface area contributed by atoms with Crippen LogP contribution in [-0.2, 0) is 0 Å². The van der Waals surface area contributed by atoms with Gasteiger partial charge in [0.15, 0.2) is 17.1 Å². The third kappa shape index (κ3) is 3.67. The van der Waals surface area contributed by atoms with Crippen LogP contribution in [0.5, 0.6) is 11.6 Å². The molecule has 1 saturated heterocycles. The first kappa shape index (κ1) is 18.1. The largest absolute Gasteiger partial charge is 0.488 e. The zero-order valence-electron chi connectivity index (χ0n) is 16.5. The monoisotopic (exact) mass is 392 g/mol. The number of hydrogen-bond acceptors (Lipinski definition) is 8. The van der Waals surface area contributed by atoms with Crippen LogP contribution in [0.25, 0.3) is 22.3 Å². The maximum atomic E-state index is 6.14. The fourth-order valence-electron chi connectivity index (χ4n) is 3.82. The van der Waals surface area contributed by atoms with Gasteiger partial charge in [0, 0.05) is 43.7 Å². The normalized spacial score (nSPS) is 18.9. The first-order valence-electron chi connectivity index (χ1n) is 10.1. The molecule has 29 heavy (non-hydrogen) atoms. The SMILES string of the molecule is CN1CCOc2cc(-c3cc4nccnc4c(OCC4CCCNC4)n3)cnc21. The van der Waals surface area contributed by atoms with Crippen molar-refractivity contribution in [2.45, 2.75) is 12.8 Å². The van der Waals surface area contributed by atoms with Crippen molar-refractivity contribution in [3.63, 3.8) is 0 Å². The summed E-state index contributed by atoms with van der Waals surface area (Å²) in [6.45, 7) is 4.15. The smallest absolute Gasteiger partial charge is 0.242 e. The Morgan fingerprint density at radius 2 is 2.17 bits per heavy atom. The summed E-state index contributed by atoms with van der Waals surface area (Å²) >= 11 is 0. The fraction of sp³-hybridized carbons (Fsp3) is 0.429. The van der Waals surface area contributed by atoms with E-state index >= 15 is 0 Å². The van der Waals surface area contributed by atoms with Crippen molar-refractivity contribution in [1.29, 1.82) is 0 Å². The highest BCUT2D eigenvalue weighted by Gasteiger charge is 2.20. The van der Waals surface area contributed by atoms with Crippen LogP contribution >= 0.6 is 0 Å². The second-order valence-electron chi connectivity index (χ2n) is 7.58. The van der Waals surface area contributed by atoms with Gasteiger partial charge in [0.25, 0.3) is 0 Å². The highest BCUT2D eigenvalue weighted by Crippen LogP contribution is 2.34. The molecule has 150 valence electrons. The van der Waals surface area contributed by atoms with Crippen molar-refractivity contribution in [1.82, 2.24) is 25.3 Å². The minimum atomic E-state index is 0.482. The molecular weight excluding hydrogens is 368 g/mol. The van der Waals surface area contributed by atoms with Crippen LogP contribution in [0.4, 0.5) is 5.82 Å². The Balaban J connectivity index is 1.49. The molecule has 5 rings (SSSR count). The predicted molar refractivity (Wildman–Crippen MR) is 110 cm³/mol. The van der Waals surface area contributed by atoms with Gasteiger partial charge in [0.05, 0.1) is 24.4 Å². The average molecular weight is 392 g/mol. The second-order valence-corrected chi connectivity index (χ2v) is 7.58. The standard InChI is InChI=1S/C21H24N6O2/c1-27-7-8-28-18-9-15(12-25-20(18)27)16-10-17-19(24-6-5-23-17)21(26-16)29-13-14-3-2-4-22-11-14/h5-6,9-10,12,14,22H,2-4,7-8,11,13H2,1H3. The lowest BCUT2D eigenvalue weighted by Gasteiger charge is -2.26. The lowest BCUT2D eigenvalue weighted by Crippen LogP contribution is -2.33. The summed E-state index contributed by atoms with van der Waals surface area (Å²) in [6.07, 6.45) is 7.52. The minimum absolute atomic E-state index is 0.482. The van der Waals surface area contributed by atoms with Crippen LogP contribution in [0.15, 0.2) is 30.7 Å². The van der Waals surface area contributed by atoms with E-state index in [1.807, 2.05) is 25.4 Å². The van der Waals surface area contributed by atoms with Crippen LogP contribution < -0.4 is 19.7 Å². The molecule has 8 nitrogen and oxygen atoms in total. The lowest BCUT2D eigenvalue weighted by molar-refractivity contribution is 0.214. The molecule has 8 heteroatoms. The van der Waals surface area contributed by atoms with Crippen molar-refractivity contribution in [2.75, 3.05) is 44.8 Å². The maximum Gasteiger partial charge on any atom is 0.242 e. The molecule has 1 fully saturated rings. The number of rotatable bonds is 4. The van der Waals surface area contributed by atoms with Crippen molar-refractivity contribution in [2.24, 2.45) is 5.92 Å². The number of likely N-dealkylation sites (N-methyl/N-ethyl adjacent to an activating group) is 1. The van der Waals surface area contributed by atoms with E-state index in [2.05, 4.69) is 25.2 Å². The maximum absolute atomic E-state index is 6.14. The summed E-state index contributed by atoms with van der Waals surface area (Å²) in [6, 6.07) is 3.91. The zero-order chi connectivity index (χ0) is 19.6. The summed E-state index contributed by atoms with van der Waals surface area (Å²) in [5.74, 6) is 2.62. The van der Waals surface area contributed by atoms with E-state index in [0.717, 1.165) is 54.4 Å². The average Bonchev–Trinajstić information content (AvgIpc) is 2.78. The third-order valence-electron chi connectivity index (χ3n) is 5.45. The van der Waals surface area contributed by atoms with E-state index in [-0.39, 0.29) is 0 Å². The molecule has 1 unspecified atom stereocenters. The fourth-order valence-corrected chi connectivity index (χ4v) is 3.82. The Morgan fingerprint density at radius 3 is 3.07 bits per heavy atom. The molecule has 0 aliphatic carbocycles. The van der Waals surface area contributed by atoms with E-state index in [1.54, 1.807) is 12.4 Å². The van der Waals surface area contributed by atoms with E-state index in [4.69, 9.17) is 14.5 Å². The van der Waals surface area contributed by atoms with Gasteiger partial charge in [-0.25, -0.2) is 15.0 Å². The molecule has 5 heterocycles. The molecule has 3 aromatic rings. The number of anilines is 1. The molecule has 0 bridgehead atoms. The molecule has 0 aromatic carbocycles. The molecule has 0 radical (unpaired) electrons. The Kier molecular flexibility index (Phi) is 4.85. The third-order valence-corrected chi connectivity index (χ3v) is 5.45. The second kappa shape index (κ2) is 7.79. The quantitative estimate of drug-likeness (QED) is 0.724. The van der Waals surface area contributed by atoms with Crippen molar-refractivity contribution >= 4 is 16.9 Å². The number of piperidine rings is 1. The Labute approximate surface area is 169 Å². The number of hydrogen-bond donors (Lipinski definition) is 1. The first-order valence-corrected chi connectivity index (χ1v) is 10.1. The van der Waals surface area contributed by atoms with Crippen LogP contribution in [0.3, 0.4) is 0 Å². The Morgan fingerprint density at radius 1 is 1.24 bits per heavy atom. The first-order chi connectivity index (χ1) is 14.3. The topological polar surface area (TPSA) is 85.3 Å². The van der Waals surface area contributed by atoms with E-state index in [9.17, 15) is 0 Å². The zero-order valence-corrected chi connectivity index (χ0v) is 16.5. The summed E-state index contributed by atoms with van der Waals surface area (Å²) in [5, 5.41) is 3.42. The van der Waals surface area contributed by atoms with Crippen LogP contribution in [0, 0.1) is 5.92 Å². The van der Waals surface area contributed by atoms with Gasteiger partial charge in [-0.1, -0.05) is 0 Å². The Bertz CT molecular complexity index is 1020. The van der Waals surface area contributed by atoms with Crippen molar-refractivity contribution in [3.8, 4) is 22.9 Å². The van der Waals surface area contributed by atoms with Gasteiger partial charge >= 0.3 is 0 Å². The van der Waals surface area contributed by atoms with Gasteiger partial charge in [-0.05, 0) is 31.5 Å². The molecule has 3 aromatic heterocycles. The van der Waals surface area contributed by atoms with Gasteiger partial charge < -0.3 is 19.7 Å². The number of nitrogens with zero attached hydrogens (tertiary/aromatic N) is 5. The van der Waals surface area contributed by atoms with Gasteiger partial charge in [-0.15, -0.1) is 0 Å².